The Labute approximate surface area is 92.7 Å². The molecule has 0 aliphatic carbocycles. The van der Waals surface area contributed by atoms with Gasteiger partial charge < -0.3 is 9.84 Å². The summed E-state index contributed by atoms with van der Waals surface area (Å²) in [6.45, 7) is 0.0921. The van der Waals surface area contributed by atoms with E-state index in [2.05, 4.69) is 10.1 Å². The first kappa shape index (κ1) is 9.74. The Balaban J connectivity index is 1.95. The van der Waals surface area contributed by atoms with Crippen LogP contribution in [0.5, 0.6) is 0 Å². The van der Waals surface area contributed by atoms with E-state index in [1.165, 1.54) is 6.33 Å². The second kappa shape index (κ2) is 3.84. The summed E-state index contributed by atoms with van der Waals surface area (Å²) in [4.78, 5) is 3.97. The minimum Gasteiger partial charge on any atom is -0.394 e. The van der Waals surface area contributed by atoms with Crippen LogP contribution in [0.15, 0.2) is 24.7 Å². The highest BCUT2D eigenvalue weighted by molar-refractivity contribution is 5.46. The van der Waals surface area contributed by atoms with Gasteiger partial charge in [0.25, 0.3) is 0 Å². The van der Waals surface area contributed by atoms with Gasteiger partial charge in [-0.3, -0.25) is 0 Å². The number of aromatic nitrogens is 3. The van der Waals surface area contributed by atoms with Gasteiger partial charge in [-0.05, 0) is 25.0 Å². The molecular formula is C11H13N3O2. The van der Waals surface area contributed by atoms with Gasteiger partial charge in [-0.25, -0.2) is 9.50 Å². The molecule has 1 saturated heterocycles. The van der Waals surface area contributed by atoms with Crippen molar-refractivity contribution in [1.82, 2.24) is 14.6 Å². The number of rotatable bonds is 2. The number of fused-ring (bicyclic) bond motifs is 1. The van der Waals surface area contributed by atoms with Gasteiger partial charge in [0, 0.05) is 0 Å². The third-order valence-electron chi connectivity index (χ3n) is 3.00. The Bertz CT molecular complexity index is 497. The van der Waals surface area contributed by atoms with Gasteiger partial charge in [-0.15, -0.1) is 0 Å². The molecule has 0 spiro atoms. The smallest absolute Gasteiger partial charge is 0.136 e. The van der Waals surface area contributed by atoms with Gasteiger partial charge in [0.2, 0.25) is 0 Å². The van der Waals surface area contributed by atoms with E-state index in [4.69, 9.17) is 9.84 Å². The maximum Gasteiger partial charge on any atom is 0.136 e. The average molecular weight is 219 g/mol. The number of ether oxygens (including phenoxy) is 1. The molecule has 2 atom stereocenters. The fourth-order valence-electron chi connectivity index (χ4n) is 2.18. The highest BCUT2D eigenvalue weighted by atomic mass is 16.5. The lowest BCUT2D eigenvalue weighted by atomic mass is 10.1. The van der Waals surface area contributed by atoms with E-state index >= 15 is 0 Å². The summed E-state index contributed by atoms with van der Waals surface area (Å²) in [6, 6.07) is 3.99. The fourth-order valence-corrected chi connectivity index (χ4v) is 2.18. The summed E-state index contributed by atoms with van der Waals surface area (Å²) in [5.41, 5.74) is 2.00. The summed E-state index contributed by atoms with van der Waals surface area (Å²) in [6.07, 6.45) is 5.14. The number of aliphatic hydroxyl groups is 1. The molecule has 0 saturated carbocycles. The van der Waals surface area contributed by atoms with E-state index in [0.717, 1.165) is 24.1 Å². The monoisotopic (exact) mass is 219 g/mol. The molecule has 5 nitrogen and oxygen atoms in total. The summed E-state index contributed by atoms with van der Waals surface area (Å²) < 4.78 is 7.58. The normalized spacial score (nSPS) is 25.3. The zero-order valence-corrected chi connectivity index (χ0v) is 8.78. The largest absolute Gasteiger partial charge is 0.394 e. The van der Waals surface area contributed by atoms with Gasteiger partial charge in [0.1, 0.15) is 12.4 Å². The van der Waals surface area contributed by atoms with Crippen molar-refractivity contribution in [3.05, 3.63) is 30.4 Å². The number of hydrogen-bond acceptors (Lipinski definition) is 4. The van der Waals surface area contributed by atoms with Gasteiger partial charge in [0.15, 0.2) is 0 Å². The van der Waals surface area contributed by atoms with Crippen molar-refractivity contribution in [3.8, 4) is 0 Å². The minimum absolute atomic E-state index is 0.0302. The Morgan fingerprint density at radius 1 is 1.44 bits per heavy atom. The SMILES string of the molecule is OC[C@@H]1CC[C@H](c2ccc3cncnn23)O1. The van der Waals surface area contributed by atoms with Crippen LogP contribution in [0.1, 0.15) is 24.6 Å². The van der Waals surface area contributed by atoms with Gasteiger partial charge in [-0.1, -0.05) is 0 Å². The Hall–Kier alpha value is -1.46. The van der Waals surface area contributed by atoms with Gasteiger partial charge in [-0.2, -0.15) is 5.10 Å². The third kappa shape index (κ3) is 1.48. The molecule has 84 valence electrons. The first-order valence-corrected chi connectivity index (χ1v) is 5.42. The fraction of sp³-hybridized carbons (Fsp3) is 0.455. The summed E-state index contributed by atoms with van der Waals surface area (Å²) in [5, 5.41) is 13.2. The van der Waals surface area contributed by atoms with Crippen molar-refractivity contribution < 1.29 is 9.84 Å². The second-order valence-electron chi connectivity index (χ2n) is 4.01. The molecule has 1 aliphatic heterocycles. The molecule has 1 N–H and O–H groups in total. The van der Waals surface area contributed by atoms with E-state index in [0.29, 0.717) is 0 Å². The Kier molecular flexibility index (Phi) is 2.34. The van der Waals surface area contributed by atoms with Crippen molar-refractivity contribution in [2.75, 3.05) is 6.61 Å². The van der Waals surface area contributed by atoms with E-state index in [1.807, 2.05) is 16.6 Å². The molecular weight excluding hydrogens is 206 g/mol. The summed E-state index contributed by atoms with van der Waals surface area (Å²) in [5.74, 6) is 0. The molecule has 1 aliphatic rings. The highest BCUT2D eigenvalue weighted by Gasteiger charge is 2.27. The van der Waals surface area contributed by atoms with E-state index in [9.17, 15) is 0 Å². The molecule has 0 unspecified atom stereocenters. The maximum absolute atomic E-state index is 9.04. The van der Waals surface area contributed by atoms with Crippen molar-refractivity contribution in [2.24, 2.45) is 0 Å². The van der Waals surface area contributed by atoms with Crippen LogP contribution in [-0.2, 0) is 4.74 Å². The van der Waals surface area contributed by atoms with Crippen LogP contribution in [0.2, 0.25) is 0 Å². The number of hydrogen-bond donors (Lipinski definition) is 1. The molecule has 0 aromatic carbocycles. The molecule has 16 heavy (non-hydrogen) atoms. The topological polar surface area (TPSA) is 59.7 Å². The average Bonchev–Trinajstić information content (AvgIpc) is 2.94. The molecule has 2 aromatic heterocycles. The van der Waals surface area contributed by atoms with Crippen molar-refractivity contribution in [3.63, 3.8) is 0 Å². The third-order valence-corrected chi connectivity index (χ3v) is 3.00. The van der Waals surface area contributed by atoms with Crippen LogP contribution in [0.3, 0.4) is 0 Å². The maximum atomic E-state index is 9.04. The summed E-state index contributed by atoms with van der Waals surface area (Å²) >= 11 is 0. The van der Waals surface area contributed by atoms with Crippen molar-refractivity contribution in [2.45, 2.75) is 25.0 Å². The Morgan fingerprint density at radius 2 is 2.38 bits per heavy atom. The second-order valence-corrected chi connectivity index (χ2v) is 4.01. The van der Waals surface area contributed by atoms with Gasteiger partial charge >= 0.3 is 0 Å². The highest BCUT2D eigenvalue weighted by Crippen LogP contribution is 2.32. The predicted octanol–water partition coefficient (Wildman–Crippen LogP) is 0.942. The first-order chi connectivity index (χ1) is 7.88. The lowest BCUT2D eigenvalue weighted by molar-refractivity contribution is 0.00855. The standard InChI is InChI=1S/C11H13N3O2/c15-6-9-2-4-11(16-9)10-3-1-8-5-12-7-13-14(8)10/h1,3,5,7,9,11,15H,2,4,6H2/t9-,11+/m0/s1. The van der Waals surface area contributed by atoms with E-state index in [-0.39, 0.29) is 18.8 Å². The van der Waals surface area contributed by atoms with Crippen LogP contribution < -0.4 is 0 Å². The quantitative estimate of drug-likeness (QED) is 0.816. The zero-order valence-electron chi connectivity index (χ0n) is 8.78. The molecule has 0 amide bonds. The molecule has 5 heteroatoms. The van der Waals surface area contributed by atoms with Crippen molar-refractivity contribution in [1.29, 1.82) is 0 Å². The lowest BCUT2D eigenvalue weighted by Gasteiger charge is -2.11. The van der Waals surface area contributed by atoms with E-state index in [1.54, 1.807) is 6.20 Å². The minimum atomic E-state index is -0.0302. The van der Waals surface area contributed by atoms with Crippen molar-refractivity contribution >= 4 is 5.52 Å². The van der Waals surface area contributed by atoms with Crippen LogP contribution in [0.25, 0.3) is 5.52 Å². The Morgan fingerprint density at radius 3 is 3.19 bits per heavy atom. The molecule has 2 aromatic rings. The lowest BCUT2D eigenvalue weighted by Crippen LogP contribution is -2.12. The number of nitrogens with zero attached hydrogens (tertiary/aromatic N) is 3. The molecule has 0 bridgehead atoms. The molecule has 3 heterocycles. The summed E-state index contributed by atoms with van der Waals surface area (Å²) in [7, 11) is 0. The van der Waals surface area contributed by atoms with Crippen LogP contribution in [0, 0.1) is 0 Å². The van der Waals surface area contributed by atoms with Crippen LogP contribution in [0.4, 0.5) is 0 Å². The zero-order chi connectivity index (χ0) is 11.0. The van der Waals surface area contributed by atoms with Crippen LogP contribution >= 0.6 is 0 Å². The predicted molar refractivity (Wildman–Crippen MR) is 56.9 cm³/mol. The first-order valence-electron chi connectivity index (χ1n) is 5.42. The molecule has 3 rings (SSSR count). The molecule has 0 radical (unpaired) electrons. The van der Waals surface area contributed by atoms with Gasteiger partial charge in [0.05, 0.1) is 30.1 Å². The van der Waals surface area contributed by atoms with E-state index < -0.39 is 0 Å². The molecule has 1 fully saturated rings. The van der Waals surface area contributed by atoms with Crippen LogP contribution in [-0.4, -0.2) is 32.4 Å². The number of aliphatic hydroxyl groups excluding tert-OH is 1.